The first-order chi connectivity index (χ1) is 16.1. The summed E-state index contributed by atoms with van der Waals surface area (Å²) in [5.41, 5.74) is 16.0. The van der Waals surface area contributed by atoms with Crippen LogP contribution in [0.2, 0.25) is 5.02 Å². The van der Waals surface area contributed by atoms with Crippen molar-refractivity contribution in [2.24, 2.45) is 0 Å². The Labute approximate surface area is 237 Å². The van der Waals surface area contributed by atoms with Gasteiger partial charge in [-0.05, 0) is 48.7 Å². The van der Waals surface area contributed by atoms with Gasteiger partial charge < -0.3 is 16.4 Å². The van der Waals surface area contributed by atoms with Gasteiger partial charge in [-0.2, -0.15) is 19.7 Å². The predicted octanol–water partition coefficient (Wildman–Crippen LogP) is 6.58. The van der Waals surface area contributed by atoms with E-state index >= 15 is 0 Å². The smallest absolute Gasteiger partial charge is 0.416 e. The summed E-state index contributed by atoms with van der Waals surface area (Å²) in [6.07, 6.45) is -2.69. The molecule has 1 aliphatic heterocycles. The fourth-order valence-electron chi connectivity index (χ4n) is 3.09. The van der Waals surface area contributed by atoms with Crippen LogP contribution in [-0.2, 0) is 43.7 Å². The molecule has 0 bridgehead atoms. The van der Waals surface area contributed by atoms with Gasteiger partial charge in [0.2, 0.25) is 5.91 Å². The Balaban J connectivity index is 0.000000526. The second-order valence-corrected chi connectivity index (χ2v) is 9.08. The van der Waals surface area contributed by atoms with Crippen molar-refractivity contribution in [2.75, 3.05) is 37.6 Å². The quantitative estimate of drug-likeness (QED) is 0.160. The maximum absolute atomic E-state index is 12.9. The summed E-state index contributed by atoms with van der Waals surface area (Å²) in [5, 5.41) is 8.08. The van der Waals surface area contributed by atoms with Gasteiger partial charge in [-0.1, -0.05) is 30.2 Å². The number of unbranched alkanes of at least 4 members (excludes halogenated alkanes) is 1. The maximum Gasteiger partial charge on any atom is 0.416 e. The summed E-state index contributed by atoms with van der Waals surface area (Å²) >= 11 is 7.47. The Morgan fingerprint density at radius 3 is 2.26 bits per heavy atom. The van der Waals surface area contributed by atoms with E-state index in [1.807, 2.05) is 17.0 Å². The zero-order chi connectivity index (χ0) is 25.1. The van der Waals surface area contributed by atoms with Crippen molar-refractivity contribution < 1.29 is 55.9 Å². The average molecular weight is 607 g/mol. The Bertz CT molecular complexity index is 917. The van der Waals surface area contributed by atoms with E-state index in [1.165, 1.54) is 5.48 Å². The summed E-state index contributed by atoms with van der Waals surface area (Å²) in [6, 6.07) is 11.0. The molecule has 13 heteroatoms. The van der Waals surface area contributed by atoms with Gasteiger partial charge in [0.1, 0.15) is 0 Å². The largest absolute Gasteiger partial charge is 0.699 e. The van der Waals surface area contributed by atoms with Gasteiger partial charge in [0.05, 0.1) is 5.56 Å². The number of carbonyl (C=O) groups excluding carboxylic acids is 1. The van der Waals surface area contributed by atoms with Gasteiger partial charge >= 0.3 is 6.18 Å². The number of hydroxylamine groups is 1. The number of amides is 1. The van der Waals surface area contributed by atoms with Crippen LogP contribution in [0.25, 0.3) is 11.5 Å². The number of alkyl halides is 3. The Morgan fingerprint density at radius 2 is 1.71 bits per heavy atom. The van der Waals surface area contributed by atoms with Gasteiger partial charge in [0, 0.05) is 80.9 Å². The second-order valence-electron chi connectivity index (χ2n) is 7.47. The summed E-state index contributed by atoms with van der Waals surface area (Å²) in [5.74, 6) is -0.372. The summed E-state index contributed by atoms with van der Waals surface area (Å²) in [7, 11) is 0. The molecule has 0 spiro atoms. The normalized spacial score (nSPS) is 13.9. The number of anilines is 1. The fourth-order valence-corrected chi connectivity index (χ4v) is 4.22. The Hall–Kier alpha value is -1.08. The molecule has 0 unspecified atom stereocenters. The zero-order valence-electron chi connectivity index (χ0n) is 18.9. The molecule has 1 aliphatic rings. The molecule has 1 radical (unpaired) electrons. The van der Waals surface area contributed by atoms with E-state index in [4.69, 9.17) is 28.3 Å². The molecule has 0 saturated carbocycles. The molecule has 1 fully saturated rings. The summed E-state index contributed by atoms with van der Waals surface area (Å²) < 4.78 is 41.0. The molecular weight excluding hydrogens is 580 g/mol. The topological polar surface area (TPSA) is 103 Å². The van der Waals surface area contributed by atoms with Gasteiger partial charge in [-0.25, -0.2) is 9.79 Å². The van der Waals surface area contributed by atoms with E-state index in [1.54, 1.807) is 30.1 Å². The van der Waals surface area contributed by atoms with Gasteiger partial charge in [0.15, 0.2) is 0 Å². The van der Waals surface area contributed by atoms with Crippen molar-refractivity contribution in [1.29, 1.82) is 0 Å². The SMILES string of the molecule is [NH-]CCCCC(=O)NO.[NH-]c1ccc(SN2CCN(c3cc(Cl)cc(C(F)(F)F)c3)CC2)cc1.[Y]. The van der Waals surface area contributed by atoms with Crippen LogP contribution in [0.1, 0.15) is 24.8 Å². The molecule has 35 heavy (non-hydrogen) atoms. The van der Waals surface area contributed by atoms with Crippen LogP contribution in [-0.4, -0.2) is 48.1 Å². The number of nitrogens with zero attached hydrogens (tertiary/aromatic N) is 2. The van der Waals surface area contributed by atoms with E-state index in [9.17, 15) is 18.0 Å². The number of benzene rings is 2. The van der Waals surface area contributed by atoms with Crippen molar-refractivity contribution in [3.05, 3.63) is 64.5 Å². The van der Waals surface area contributed by atoms with Crippen LogP contribution in [0.4, 0.5) is 24.5 Å². The summed E-state index contributed by atoms with van der Waals surface area (Å²) in [6.45, 7) is 3.04. The molecule has 191 valence electrons. The first kappa shape index (κ1) is 32.0. The van der Waals surface area contributed by atoms with Crippen LogP contribution < -0.4 is 10.4 Å². The number of nitrogens with one attached hydrogen (secondary N) is 3. The van der Waals surface area contributed by atoms with Crippen molar-refractivity contribution in [3.63, 3.8) is 0 Å². The standard InChI is InChI=1S/C17H16ClF3N3S.C5H11N2O2.Y/c18-13-9-12(17(19,20)21)10-15(11-13)23-5-7-24(8-6-23)25-16-3-1-14(22)2-4-16;6-4-2-1-3-5(8)7-9;/h1-4,9-11,22H,5-8H2;6,9H,1-4H2,(H,7,8);/q2*-1;. The van der Waals surface area contributed by atoms with Crippen molar-refractivity contribution in [1.82, 2.24) is 9.79 Å². The minimum atomic E-state index is -4.40. The van der Waals surface area contributed by atoms with Crippen LogP contribution in [0.3, 0.4) is 0 Å². The van der Waals surface area contributed by atoms with E-state index in [2.05, 4.69) is 4.31 Å². The van der Waals surface area contributed by atoms with E-state index in [-0.39, 0.29) is 43.6 Å². The third-order valence-electron chi connectivity index (χ3n) is 4.86. The minimum absolute atomic E-state index is 0. The van der Waals surface area contributed by atoms with Crippen molar-refractivity contribution in [2.45, 2.75) is 30.3 Å². The Morgan fingerprint density at radius 1 is 1.09 bits per heavy atom. The third kappa shape index (κ3) is 11.7. The fraction of sp³-hybridized carbons (Fsp3) is 0.409. The number of piperazine rings is 1. The Kier molecular flexibility index (Phi) is 14.5. The molecule has 0 atom stereocenters. The van der Waals surface area contributed by atoms with Crippen molar-refractivity contribution >= 4 is 40.8 Å². The van der Waals surface area contributed by atoms with Crippen LogP contribution in [0, 0.1) is 0 Å². The van der Waals surface area contributed by atoms with Gasteiger partial charge in [-0.3, -0.25) is 10.0 Å². The first-order valence-electron chi connectivity index (χ1n) is 10.6. The summed E-state index contributed by atoms with van der Waals surface area (Å²) in [4.78, 5) is 13.2. The molecule has 0 aromatic heterocycles. The van der Waals surface area contributed by atoms with Crippen LogP contribution >= 0.6 is 23.5 Å². The number of halogens is 4. The molecular formula is C22H27ClF3N5O2SY-2. The molecule has 2 aromatic carbocycles. The molecule has 1 saturated heterocycles. The number of hydrogen-bond acceptors (Lipinski definition) is 5. The third-order valence-corrected chi connectivity index (χ3v) is 6.18. The number of carbonyl (C=O) groups is 1. The molecule has 7 nitrogen and oxygen atoms in total. The zero-order valence-corrected chi connectivity index (χ0v) is 23.4. The molecule has 0 aliphatic carbocycles. The molecule has 3 rings (SSSR count). The van der Waals surface area contributed by atoms with E-state index in [0.717, 1.165) is 30.1 Å². The van der Waals surface area contributed by atoms with E-state index < -0.39 is 11.7 Å². The molecule has 4 N–H and O–H groups in total. The minimum Gasteiger partial charge on any atom is -0.699 e. The van der Waals surface area contributed by atoms with Gasteiger partial charge in [0.25, 0.3) is 0 Å². The van der Waals surface area contributed by atoms with Crippen LogP contribution in [0.5, 0.6) is 0 Å². The molecule has 1 heterocycles. The van der Waals surface area contributed by atoms with E-state index in [0.29, 0.717) is 50.3 Å². The monoisotopic (exact) mass is 606 g/mol. The second kappa shape index (κ2) is 15.9. The maximum atomic E-state index is 12.9. The number of rotatable bonds is 7. The van der Waals surface area contributed by atoms with Gasteiger partial charge in [-0.15, -0.1) is 5.69 Å². The first-order valence-corrected chi connectivity index (χ1v) is 11.7. The molecule has 1 amide bonds. The number of hydrogen-bond donors (Lipinski definition) is 2. The molecule has 2 aromatic rings. The predicted molar refractivity (Wildman–Crippen MR) is 129 cm³/mol. The van der Waals surface area contributed by atoms with Crippen molar-refractivity contribution in [3.8, 4) is 0 Å². The average Bonchev–Trinajstić information content (AvgIpc) is 2.80. The van der Waals surface area contributed by atoms with Crippen LogP contribution in [0.15, 0.2) is 47.4 Å².